The van der Waals surface area contributed by atoms with E-state index in [9.17, 15) is 8.42 Å². The molecule has 3 aromatic heterocycles. The third-order valence-corrected chi connectivity index (χ3v) is 5.63. The van der Waals surface area contributed by atoms with Crippen molar-refractivity contribution in [2.45, 2.75) is 18.7 Å². The Kier molecular flexibility index (Phi) is 5.16. The first kappa shape index (κ1) is 20.5. The summed E-state index contributed by atoms with van der Waals surface area (Å²) in [7, 11) is -3.86. The third-order valence-electron chi connectivity index (χ3n) is 3.99. The number of rotatable bonds is 5. The molecule has 0 unspecified atom stereocenters. The fraction of sp³-hybridized carbons (Fsp3) is 0.118. The standard InChI is InChI=1S/C17H16N10O2S2/c1-8-7-9(2)20-17(19-8)27-31(28,29)11-5-3-10(4-6-11)25-26-16-21-12-13(23-16)22-15(18)24-14(12)30/h3-7H,1-2H3,(H,19,20,27)(H4,18,21,22,23,24,30). The van der Waals surface area contributed by atoms with Gasteiger partial charge >= 0.3 is 0 Å². The minimum Gasteiger partial charge on any atom is -0.369 e. The summed E-state index contributed by atoms with van der Waals surface area (Å²) < 4.78 is 27.8. The molecule has 12 nitrogen and oxygen atoms in total. The average molecular weight is 457 g/mol. The number of hydrogen-bond donors (Lipinski definition) is 4. The van der Waals surface area contributed by atoms with Gasteiger partial charge in [-0.15, -0.1) is 10.2 Å². The van der Waals surface area contributed by atoms with Gasteiger partial charge in [-0.25, -0.2) is 28.1 Å². The Labute approximate surface area is 181 Å². The Bertz CT molecular complexity index is 1450. The smallest absolute Gasteiger partial charge is 0.264 e. The van der Waals surface area contributed by atoms with Gasteiger partial charge in [-0.05, 0) is 44.2 Å². The Hall–Kier alpha value is -3.78. The second kappa shape index (κ2) is 7.81. The van der Waals surface area contributed by atoms with Crippen molar-refractivity contribution in [3.63, 3.8) is 0 Å². The van der Waals surface area contributed by atoms with E-state index in [0.29, 0.717) is 28.2 Å². The maximum Gasteiger partial charge on any atom is 0.264 e. The maximum atomic E-state index is 12.6. The molecule has 0 spiro atoms. The average Bonchev–Trinajstić information content (AvgIpc) is 3.09. The molecule has 0 saturated carbocycles. The van der Waals surface area contributed by atoms with E-state index < -0.39 is 10.0 Å². The number of benzene rings is 1. The Balaban J connectivity index is 1.53. The molecule has 0 amide bonds. The van der Waals surface area contributed by atoms with Crippen LogP contribution in [0.25, 0.3) is 11.2 Å². The number of imidazole rings is 1. The van der Waals surface area contributed by atoms with E-state index in [2.05, 4.69) is 44.9 Å². The minimum absolute atomic E-state index is 0.0131. The zero-order valence-electron chi connectivity index (χ0n) is 16.3. The van der Waals surface area contributed by atoms with E-state index in [1.807, 2.05) is 0 Å². The van der Waals surface area contributed by atoms with E-state index >= 15 is 0 Å². The summed E-state index contributed by atoms with van der Waals surface area (Å²) in [5, 5.41) is 8.05. The van der Waals surface area contributed by atoms with Gasteiger partial charge in [-0.3, -0.25) is 0 Å². The molecule has 31 heavy (non-hydrogen) atoms. The van der Waals surface area contributed by atoms with Crippen LogP contribution in [0.4, 0.5) is 23.5 Å². The van der Waals surface area contributed by atoms with Gasteiger partial charge < -0.3 is 15.7 Å². The van der Waals surface area contributed by atoms with E-state index in [0.717, 1.165) is 0 Å². The molecule has 0 saturated heterocycles. The second-order valence-corrected chi connectivity index (χ2v) is 8.55. The Morgan fingerprint density at radius 1 is 1.00 bits per heavy atom. The number of anilines is 2. The van der Waals surface area contributed by atoms with Crippen LogP contribution in [-0.2, 0) is 10.0 Å². The lowest BCUT2D eigenvalue weighted by Crippen LogP contribution is -2.15. The Morgan fingerprint density at radius 2 is 1.68 bits per heavy atom. The van der Waals surface area contributed by atoms with Gasteiger partial charge in [0.05, 0.1) is 10.6 Å². The highest BCUT2D eigenvalue weighted by molar-refractivity contribution is 7.92. The van der Waals surface area contributed by atoms with Gasteiger partial charge in [0.2, 0.25) is 17.8 Å². The van der Waals surface area contributed by atoms with E-state index in [1.165, 1.54) is 24.3 Å². The molecular formula is C17H16N10O2S2. The number of hydrogen-bond acceptors (Lipinski definition) is 10. The number of aryl methyl sites for hydroxylation is 2. The number of sulfonamides is 1. The fourth-order valence-corrected chi connectivity index (χ4v) is 3.91. The fourth-order valence-electron chi connectivity index (χ4n) is 2.72. The van der Waals surface area contributed by atoms with Crippen molar-refractivity contribution in [1.82, 2.24) is 29.9 Å². The summed E-state index contributed by atoms with van der Waals surface area (Å²) in [6.45, 7) is 3.51. The van der Waals surface area contributed by atoms with Crippen LogP contribution in [0.3, 0.4) is 0 Å². The first-order valence-corrected chi connectivity index (χ1v) is 10.7. The Morgan fingerprint density at radius 3 is 2.35 bits per heavy atom. The minimum atomic E-state index is -3.86. The molecule has 0 aliphatic heterocycles. The molecule has 5 N–H and O–H groups in total. The number of azo groups is 1. The van der Waals surface area contributed by atoms with Gasteiger partial charge in [0.15, 0.2) is 10.3 Å². The molecule has 0 atom stereocenters. The zero-order valence-corrected chi connectivity index (χ0v) is 17.9. The molecule has 158 valence electrons. The van der Waals surface area contributed by atoms with Gasteiger partial charge in [-0.2, -0.15) is 4.98 Å². The molecule has 14 heteroatoms. The molecule has 4 aromatic rings. The lowest BCUT2D eigenvalue weighted by Gasteiger charge is -2.08. The molecule has 0 aliphatic rings. The van der Waals surface area contributed by atoms with Gasteiger partial charge in [0.25, 0.3) is 10.0 Å². The molecule has 0 fully saturated rings. The molecular weight excluding hydrogens is 440 g/mol. The normalized spacial score (nSPS) is 11.9. The predicted octanol–water partition coefficient (Wildman–Crippen LogP) is 3.22. The molecule has 3 heterocycles. The number of nitrogen functional groups attached to an aromatic ring is 1. The number of nitrogens with two attached hydrogens (primary N) is 1. The molecule has 0 aliphatic carbocycles. The van der Waals surface area contributed by atoms with Crippen LogP contribution in [0.5, 0.6) is 0 Å². The van der Waals surface area contributed by atoms with Crippen molar-refractivity contribution >= 4 is 56.9 Å². The monoisotopic (exact) mass is 456 g/mol. The van der Waals surface area contributed by atoms with E-state index in [4.69, 9.17) is 18.0 Å². The summed E-state index contributed by atoms with van der Waals surface area (Å²) >= 11 is 5.12. The highest BCUT2D eigenvalue weighted by Gasteiger charge is 2.16. The number of aromatic amines is 2. The van der Waals surface area contributed by atoms with Crippen LogP contribution in [0.15, 0.2) is 45.5 Å². The van der Waals surface area contributed by atoms with Crippen LogP contribution >= 0.6 is 12.2 Å². The zero-order chi connectivity index (χ0) is 22.2. The largest absolute Gasteiger partial charge is 0.369 e. The van der Waals surface area contributed by atoms with Crippen molar-refractivity contribution in [1.29, 1.82) is 0 Å². The summed E-state index contributed by atoms with van der Waals surface area (Å²) in [4.78, 5) is 22.0. The van der Waals surface area contributed by atoms with Crippen LogP contribution in [0.2, 0.25) is 0 Å². The summed E-state index contributed by atoms with van der Waals surface area (Å²) in [5.74, 6) is 0.346. The highest BCUT2D eigenvalue weighted by atomic mass is 32.2. The number of fused-ring (bicyclic) bond motifs is 1. The topological polar surface area (TPSA) is 180 Å². The van der Waals surface area contributed by atoms with Gasteiger partial charge in [-0.1, -0.05) is 12.2 Å². The maximum absolute atomic E-state index is 12.6. The SMILES string of the molecule is Cc1cc(C)nc(NS(=O)(=O)c2ccc(N=Nc3nc4[nH]c(N)nc(=S)c4[nH]3)cc2)n1. The lowest BCUT2D eigenvalue weighted by atomic mass is 10.3. The van der Waals surface area contributed by atoms with Crippen molar-refractivity contribution in [3.05, 3.63) is 46.4 Å². The first-order valence-electron chi connectivity index (χ1n) is 8.82. The van der Waals surface area contributed by atoms with Crippen molar-refractivity contribution in [2.24, 2.45) is 10.2 Å². The molecule has 1 aromatic carbocycles. The van der Waals surface area contributed by atoms with Crippen molar-refractivity contribution < 1.29 is 8.42 Å². The first-order chi connectivity index (χ1) is 14.7. The number of nitrogens with zero attached hydrogens (tertiary/aromatic N) is 6. The lowest BCUT2D eigenvalue weighted by molar-refractivity contribution is 0.601. The number of nitrogens with one attached hydrogen (secondary N) is 3. The quantitative estimate of drug-likeness (QED) is 0.261. The van der Waals surface area contributed by atoms with Gasteiger partial charge in [0, 0.05) is 11.4 Å². The summed E-state index contributed by atoms with van der Waals surface area (Å²) in [5.41, 5.74) is 8.24. The summed E-state index contributed by atoms with van der Waals surface area (Å²) in [6, 6.07) is 7.56. The van der Waals surface area contributed by atoms with Crippen LogP contribution in [-0.4, -0.2) is 38.3 Å². The second-order valence-electron chi connectivity index (χ2n) is 6.48. The predicted molar refractivity (Wildman–Crippen MR) is 116 cm³/mol. The van der Waals surface area contributed by atoms with Gasteiger partial charge in [0.1, 0.15) is 5.52 Å². The number of H-pyrrole nitrogens is 2. The molecule has 4 rings (SSSR count). The molecule has 0 radical (unpaired) electrons. The van der Waals surface area contributed by atoms with Crippen LogP contribution in [0.1, 0.15) is 11.4 Å². The molecule has 0 bridgehead atoms. The number of aromatic nitrogens is 6. The highest BCUT2D eigenvalue weighted by Crippen LogP contribution is 2.22. The van der Waals surface area contributed by atoms with E-state index in [-0.39, 0.29) is 27.4 Å². The summed E-state index contributed by atoms with van der Waals surface area (Å²) in [6.07, 6.45) is 0. The van der Waals surface area contributed by atoms with Crippen molar-refractivity contribution in [3.8, 4) is 0 Å². The van der Waals surface area contributed by atoms with Crippen LogP contribution in [0, 0.1) is 18.5 Å². The van der Waals surface area contributed by atoms with E-state index in [1.54, 1.807) is 19.9 Å². The van der Waals surface area contributed by atoms with Crippen molar-refractivity contribution in [2.75, 3.05) is 10.5 Å². The third kappa shape index (κ3) is 4.54. The van der Waals surface area contributed by atoms with Crippen LogP contribution < -0.4 is 10.5 Å².